The number of fused-ring (bicyclic) bond motifs is 1. The first-order valence-corrected chi connectivity index (χ1v) is 8.09. The number of alkyl halides is 3. The Morgan fingerprint density at radius 2 is 1.96 bits per heavy atom. The summed E-state index contributed by atoms with van der Waals surface area (Å²) in [5, 5.41) is 1.90. The fourth-order valence-electron chi connectivity index (χ4n) is 3.62. The number of hydrogen-bond donors (Lipinski definition) is 1. The summed E-state index contributed by atoms with van der Waals surface area (Å²) in [7, 11) is 0. The molecule has 24 heavy (non-hydrogen) atoms. The van der Waals surface area contributed by atoms with E-state index in [-0.39, 0.29) is 11.8 Å². The topological polar surface area (TPSA) is 49.4 Å². The average molecular weight is 340 g/mol. The van der Waals surface area contributed by atoms with Crippen LogP contribution in [0.5, 0.6) is 0 Å². The zero-order chi connectivity index (χ0) is 17.3. The number of nitrogens with one attached hydrogen (secondary N) is 1. The van der Waals surface area contributed by atoms with E-state index in [4.69, 9.17) is 0 Å². The molecule has 1 N–H and O–H groups in total. The van der Waals surface area contributed by atoms with Crippen LogP contribution in [0.15, 0.2) is 24.3 Å². The van der Waals surface area contributed by atoms with Crippen LogP contribution in [0, 0.1) is 0 Å². The molecule has 7 heteroatoms. The summed E-state index contributed by atoms with van der Waals surface area (Å²) in [5.41, 5.74) is 2.11. The van der Waals surface area contributed by atoms with Crippen LogP contribution in [0.2, 0.25) is 0 Å². The molecule has 1 aromatic carbocycles. The van der Waals surface area contributed by atoms with Gasteiger partial charge in [0.25, 0.3) is 0 Å². The van der Waals surface area contributed by atoms with E-state index in [1.165, 1.54) is 4.90 Å². The van der Waals surface area contributed by atoms with E-state index in [1.54, 1.807) is 0 Å². The number of hydrogen-bond acceptors (Lipinski definition) is 2. The Bertz CT molecular complexity index is 645. The Hall–Kier alpha value is -2.05. The summed E-state index contributed by atoms with van der Waals surface area (Å²) < 4.78 is 36.8. The van der Waals surface area contributed by atoms with Crippen LogP contribution in [0.3, 0.4) is 0 Å². The highest BCUT2D eigenvalue weighted by Crippen LogP contribution is 2.36. The number of benzene rings is 1. The predicted molar refractivity (Wildman–Crippen MR) is 81.3 cm³/mol. The number of aryl methyl sites for hydroxylation is 1. The van der Waals surface area contributed by atoms with E-state index >= 15 is 0 Å². The van der Waals surface area contributed by atoms with Crippen LogP contribution in [-0.4, -0.2) is 42.0 Å². The van der Waals surface area contributed by atoms with Gasteiger partial charge in [-0.1, -0.05) is 24.3 Å². The predicted octanol–water partition coefficient (Wildman–Crippen LogP) is 2.39. The first-order chi connectivity index (χ1) is 11.4. The molecule has 0 spiro atoms. The summed E-state index contributed by atoms with van der Waals surface area (Å²) in [4.78, 5) is 26.4. The summed E-state index contributed by atoms with van der Waals surface area (Å²) >= 11 is 0. The zero-order valence-corrected chi connectivity index (χ0v) is 13.1. The highest BCUT2D eigenvalue weighted by molar-refractivity contribution is 5.91. The Kier molecular flexibility index (Phi) is 4.51. The third kappa shape index (κ3) is 3.39. The quantitative estimate of drug-likeness (QED) is 0.918. The second-order valence-corrected chi connectivity index (χ2v) is 6.31. The molecule has 0 saturated carbocycles. The lowest BCUT2D eigenvalue weighted by atomic mass is 9.99. The minimum Gasteiger partial charge on any atom is -0.345 e. The molecule has 0 radical (unpaired) electrons. The van der Waals surface area contributed by atoms with E-state index < -0.39 is 24.7 Å². The molecule has 0 bridgehead atoms. The van der Waals surface area contributed by atoms with E-state index in [0.29, 0.717) is 25.8 Å². The second-order valence-electron chi connectivity index (χ2n) is 6.31. The van der Waals surface area contributed by atoms with Crippen molar-refractivity contribution in [2.75, 3.05) is 13.1 Å². The minimum atomic E-state index is -4.45. The van der Waals surface area contributed by atoms with Crippen molar-refractivity contribution < 1.29 is 22.8 Å². The van der Waals surface area contributed by atoms with Gasteiger partial charge in [-0.05, 0) is 36.8 Å². The molecule has 2 atom stereocenters. The first kappa shape index (κ1) is 16.8. The Morgan fingerprint density at radius 3 is 2.71 bits per heavy atom. The van der Waals surface area contributed by atoms with Crippen LogP contribution >= 0.6 is 0 Å². The van der Waals surface area contributed by atoms with Gasteiger partial charge in [0.1, 0.15) is 12.6 Å². The summed E-state index contributed by atoms with van der Waals surface area (Å²) in [6.07, 6.45) is -1.92. The molecule has 0 aromatic heterocycles. The lowest BCUT2D eigenvalue weighted by Gasteiger charge is -2.27. The number of likely N-dealkylation sites (tertiary alicyclic amines) is 1. The fraction of sp³-hybridized carbons (Fsp3) is 0.529. The van der Waals surface area contributed by atoms with Crippen molar-refractivity contribution in [1.82, 2.24) is 10.2 Å². The molecule has 1 aliphatic carbocycles. The van der Waals surface area contributed by atoms with Crippen molar-refractivity contribution in [3.05, 3.63) is 35.4 Å². The van der Waals surface area contributed by atoms with Gasteiger partial charge < -0.3 is 10.2 Å². The van der Waals surface area contributed by atoms with Crippen LogP contribution in [0.4, 0.5) is 13.2 Å². The summed E-state index contributed by atoms with van der Waals surface area (Å²) in [5.74, 6) is -1.16. The molecule has 1 saturated heterocycles. The van der Waals surface area contributed by atoms with Gasteiger partial charge in [-0.15, -0.1) is 0 Å². The maximum Gasteiger partial charge on any atom is 0.405 e. The first-order valence-electron chi connectivity index (χ1n) is 8.09. The Labute approximate surface area is 138 Å². The molecule has 130 valence electrons. The molecule has 4 nitrogen and oxygen atoms in total. The number of carbonyl (C=O) groups excluding carboxylic acids is 2. The van der Waals surface area contributed by atoms with Crippen molar-refractivity contribution in [1.29, 1.82) is 0 Å². The van der Waals surface area contributed by atoms with Crippen LogP contribution in [-0.2, 0) is 16.0 Å². The third-order valence-electron chi connectivity index (χ3n) is 4.73. The van der Waals surface area contributed by atoms with Crippen molar-refractivity contribution in [2.24, 2.45) is 0 Å². The molecular weight excluding hydrogens is 321 g/mol. The van der Waals surface area contributed by atoms with Gasteiger partial charge in [-0.2, -0.15) is 13.2 Å². The molecule has 1 fully saturated rings. The zero-order valence-electron chi connectivity index (χ0n) is 13.1. The Morgan fingerprint density at radius 1 is 1.21 bits per heavy atom. The molecule has 2 aliphatic rings. The van der Waals surface area contributed by atoms with Gasteiger partial charge in [0.2, 0.25) is 11.8 Å². The number of rotatable bonds is 3. The normalized spacial score (nSPS) is 23.2. The van der Waals surface area contributed by atoms with Crippen molar-refractivity contribution in [2.45, 2.75) is 43.8 Å². The molecule has 3 rings (SSSR count). The smallest absolute Gasteiger partial charge is 0.345 e. The minimum absolute atomic E-state index is 0.149. The highest BCUT2D eigenvalue weighted by Gasteiger charge is 2.40. The molecular formula is C17H19F3N2O2. The fourth-order valence-corrected chi connectivity index (χ4v) is 3.62. The molecule has 2 unspecified atom stereocenters. The van der Waals surface area contributed by atoms with Crippen molar-refractivity contribution in [3.8, 4) is 0 Å². The van der Waals surface area contributed by atoms with Gasteiger partial charge in [0, 0.05) is 6.54 Å². The van der Waals surface area contributed by atoms with Crippen LogP contribution in [0.25, 0.3) is 0 Å². The third-order valence-corrected chi connectivity index (χ3v) is 4.73. The molecule has 1 aliphatic heterocycles. The SMILES string of the molecule is O=C(NCC(F)(F)F)C1CCCN1C(=O)C1CCc2ccccc21. The van der Waals surface area contributed by atoms with Crippen LogP contribution < -0.4 is 5.32 Å². The van der Waals surface area contributed by atoms with Gasteiger partial charge in [-0.3, -0.25) is 9.59 Å². The van der Waals surface area contributed by atoms with Crippen molar-refractivity contribution >= 4 is 11.8 Å². The number of carbonyl (C=O) groups is 2. The van der Waals surface area contributed by atoms with Gasteiger partial charge in [0.05, 0.1) is 5.92 Å². The van der Waals surface area contributed by atoms with E-state index in [9.17, 15) is 22.8 Å². The van der Waals surface area contributed by atoms with E-state index in [0.717, 1.165) is 17.5 Å². The van der Waals surface area contributed by atoms with Crippen LogP contribution in [0.1, 0.15) is 36.3 Å². The van der Waals surface area contributed by atoms with Gasteiger partial charge in [-0.25, -0.2) is 0 Å². The van der Waals surface area contributed by atoms with E-state index in [1.807, 2.05) is 29.6 Å². The molecule has 1 aromatic rings. The lowest BCUT2D eigenvalue weighted by Crippen LogP contribution is -2.49. The summed E-state index contributed by atoms with van der Waals surface area (Å²) in [6.45, 7) is -0.946. The largest absolute Gasteiger partial charge is 0.405 e. The average Bonchev–Trinajstić information content (AvgIpc) is 3.18. The monoisotopic (exact) mass is 340 g/mol. The summed E-state index contributed by atoms with van der Waals surface area (Å²) in [6, 6.07) is 6.91. The van der Waals surface area contributed by atoms with Crippen molar-refractivity contribution in [3.63, 3.8) is 0 Å². The second kappa shape index (κ2) is 6.45. The van der Waals surface area contributed by atoms with E-state index in [2.05, 4.69) is 0 Å². The lowest BCUT2D eigenvalue weighted by molar-refractivity contribution is -0.145. The number of halogens is 3. The Balaban J connectivity index is 1.69. The maximum atomic E-state index is 12.9. The number of nitrogens with zero attached hydrogens (tertiary/aromatic N) is 1. The maximum absolute atomic E-state index is 12.9. The van der Waals surface area contributed by atoms with Gasteiger partial charge in [0.15, 0.2) is 0 Å². The standard InChI is InChI=1S/C17H19F3N2O2/c18-17(19,20)10-21-15(23)14-6-3-9-22(14)16(24)13-8-7-11-4-1-2-5-12(11)13/h1-2,4-5,13-14H,3,6-10H2,(H,21,23). The highest BCUT2D eigenvalue weighted by atomic mass is 19.4. The molecule has 1 heterocycles. The number of amides is 2. The molecule has 2 amide bonds. The van der Waals surface area contributed by atoms with Gasteiger partial charge >= 0.3 is 6.18 Å².